The Morgan fingerprint density at radius 2 is 1.71 bits per heavy atom. The summed E-state index contributed by atoms with van der Waals surface area (Å²) in [5.41, 5.74) is 1.01. The number of hydrogen-bond acceptors (Lipinski definition) is 5. The van der Waals surface area contributed by atoms with E-state index in [1.54, 1.807) is 0 Å². The molecule has 2 aliphatic heterocycles. The monoisotopic (exact) mass is 326 g/mol. The lowest BCUT2D eigenvalue weighted by atomic mass is 10.00. The highest BCUT2D eigenvalue weighted by Crippen LogP contribution is 2.22. The predicted octanol–water partition coefficient (Wildman–Crippen LogP) is 3.19. The van der Waals surface area contributed by atoms with Crippen LogP contribution in [0.4, 0.5) is 0 Å². The lowest BCUT2D eigenvalue weighted by Gasteiger charge is -2.39. The lowest BCUT2D eigenvalue weighted by molar-refractivity contribution is 0.0847. The van der Waals surface area contributed by atoms with Gasteiger partial charge >= 0.3 is 0 Å². The normalized spacial score (nSPS) is 21.2. The maximum absolute atomic E-state index is 5.45. The van der Waals surface area contributed by atoms with Crippen molar-refractivity contribution in [3.8, 4) is 11.4 Å². The molecule has 2 aromatic rings. The van der Waals surface area contributed by atoms with Crippen LogP contribution in [0.1, 0.15) is 38.0 Å². The molecular weight excluding hydrogens is 300 g/mol. The van der Waals surface area contributed by atoms with Crippen molar-refractivity contribution in [1.82, 2.24) is 19.9 Å². The van der Waals surface area contributed by atoms with Crippen molar-refractivity contribution in [3.63, 3.8) is 0 Å². The summed E-state index contributed by atoms with van der Waals surface area (Å²) >= 11 is 0. The van der Waals surface area contributed by atoms with E-state index in [1.165, 1.54) is 45.2 Å². The zero-order valence-electron chi connectivity index (χ0n) is 14.2. The number of rotatable bonds is 4. The van der Waals surface area contributed by atoms with Crippen LogP contribution in [0.5, 0.6) is 0 Å². The van der Waals surface area contributed by atoms with Gasteiger partial charge in [-0.05, 0) is 38.8 Å². The molecule has 5 nitrogen and oxygen atoms in total. The van der Waals surface area contributed by atoms with Crippen molar-refractivity contribution in [2.45, 2.75) is 44.7 Å². The third kappa shape index (κ3) is 3.68. The Balaban J connectivity index is 1.30. The lowest BCUT2D eigenvalue weighted by Crippen LogP contribution is -2.46. The zero-order valence-corrected chi connectivity index (χ0v) is 14.2. The molecule has 2 saturated heterocycles. The first-order valence-corrected chi connectivity index (χ1v) is 9.23. The van der Waals surface area contributed by atoms with E-state index < -0.39 is 0 Å². The maximum atomic E-state index is 5.45. The molecule has 0 unspecified atom stereocenters. The van der Waals surface area contributed by atoms with Crippen molar-refractivity contribution >= 4 is 0 Å². The minimum Gasteiger partial charge on any atom is -0.338 e. The van der Waals surface area contributed by atoms with Gasteiger partial charge in [0.25, 0.3) is 0 Å². The smallest absolute Gasteiger partial charge is 0.241 e. The third-order valence-electron chi connectivity index (χ3n) is 5.32. The van der Waals surface area contributed by atoms with Crippen LogP contribution in [0.25, 0.3) is 11.4 Å². The quantitative estimate of drug-likeness (QED) is 0.863. The summed E-state index contributed by atoms with van der Waals surface area (Å²) in [4.78, 5) is 9.71. The van der Waals surface area contributed by atoms with E-state index in [2.05, 4.69) is 19.9 Å². The van der Waals surface area contributed by atoms with E-state index in [0.29, 0.717) is 5.82 Å². The molecule has 0 bridgehead atoms. The number of aromatic nitrogens is 2. The molecule has 2 fully saturated rings. The summed E-state index contributed by atoms with van der Waals surface area (Å²) in [6.07, 6.45) is 6.70. The van der Waals surface area contributed by atoms with Gasteiger partial charge in [0.05, 0.1) is 6.54 Å². The number of likely N-dealkylation sites (tertiary alicyclic amines) is 2. The van der Waals surface area contributed by atoms with Gasteiger partial charge in [0.15, 0.2) is 0 Å². The van der Waals surface area contributed by atoms with Crippen molar-refractivity contribution in [2.75, 3.05) is 26.2 Å². The molecule has 2 aliphatic rings. The largest absolute Gasteiger partial charge is 0.338 e. The summed E-state index contributed by atoms with van der Waals surface area (Å²) < 4.78 is 5.45. The molecule has 0 aliphatic carbocycles. The Bertz CT molecular complexity index is 628. The minimum absolute atomic E-state index is 0.689. The summed E-state index contributed by atoms with van der Waals surface area (Å²) in [6.45, 7) is 5.63. The van der Waals surface area contributed by atoms with Crippen LogP contribution in [0.2, 0.25) is 0 Å². The first-order chi connectivity index (χ1) is 11.9. The number of hydrogen-bond donors (Lipinski definition) is 0. The molecule has 0 radical (unpaired) electrons. The number of nitrogens with zero attached hydrogens (tertiary/aromatic N) is 4. The Morgan fingerprint density at radius 3 is 2.46 bits per heavy atom. The topological polar surface area (TPSA) is 45.4 Å². The zero-order chi connectivity index (χ0) is 16.2. The van der Waals surface area contributed by atoms with Gasteiger partial charge < -0.3 is 9.42 Å². The fraction of sp³-hybridized carbons (Fsp3) is 0.579. The second-order valence-corrected chi connectivity index (χ2v) is 6.98. The Hall–Kier alpha value is -1.72. The van der Waals surface area contributed by atoms with E-state index in [0.717, 1.165) is 37.1 Å². The molecule has 1 aromatic carbocycles. The molecule has 4 rings (SSSR count). The molecule has 0 amide bonds. The van der Waals surface area contributed by atoms with Gasteiger partial charge in [-0.25, -0.2) is 0 Å². The average Bonchev–Trinajstić information content (AvgIpc) is 3.12. The van der Waals surface area contributed by atoms with Gasteiger partial charge in [-0.15, -0.1) is 0 Å². The molecule has 1 aromatic heterocycles. The Morgan fingerprint density at radius 1 is 0.958 bits per heavy atom. The maximum Gasteiger partial charge on any atom is 0.241 e. The van der Waals surface area contributed by atoms with E-state index in [9.17, 15) is 0 Å². The molecule has 0 atom stereocenters. The van der Waals surface area contributed by atoms with Crippen molar-refractivity contribution in [2.24, 2.45) is 0 Å². The summed E-state index contributed by atoms with van der Waals surface area (Å²) in [6, 6.07) is 10.8. The summed E-state index contributed by atoms with van der Waals surface area (Å²) in [5, 5.41) is 4.12. The molecular formula is C19H26N4O. The SMILES string of the molecule is c1ccc(-c2noc(CN3CCC(N4CCCCC4)CC3)n2)cc1. The molecule has 24 heavy (non-hydrogen) atoms. The van der Waals surface area contributed by atoms with Crippen molar-refractivity contribution in [1.29, 1.82) is 0 Å². The first kappa shape index (κ1) is 15.8. The second kappa shape index (κ2) is 7.45. The molecule has 3 heterocycles. The number of piperidine rings is 2. The van der Waals surface area contributed by atoms with Gasteiger partial charge in [-0.1, -0.05) is 41.9 Å². The Labute approximate surface area is 143 Å². The average molecular weight is 326 g/mol. The van der Waals surface area contributed by atoms with Crippen LogP contribution in [0.15, 0.2) is 34.9 Å². The van der Waals surface area contributed by atoms with Crippen LogP contribution in [0, 0.1) is 0 Å². The van der Waals surface area contributed by atoms with Gasteiger partial charge in [0, 0.05) is 24.7 Å². The third-order valence-corrected chi connectivity index (χ3v) is 5.32. The van der Waals surface area contributed by atoms with Crippen molar-refractivity contribution < 1.29 is 4.52 Å². The highest BCUT2D eigenvalue weighted by Gasteiger charge is 2.26. The molecule has 0 spiro atoms. The predicted molar refractivity (Wildman–Crippen MR) is 93.5 cm³/mol. The molecule has 0 N–H and O–H groups in total. The van der Waals surface area contributed by atoms with Gasteiger partial charge in [-0.3, -0.25) is 4.90 Å². The van der Waals surface area contributed by atoms with Crippen molar-refractivity contribution in [3.05, 3.63) is 36.2 Å². The molecule has 5 heteroatoms. The standard InChI is InChI=1S/C19H26N4O/c1-3-7-16(8-4-1)19-20-18(24-21-19)15-22-13-9-17(10-14-22)23-11-5-2-6-12-23/h1,3-4,7-8,17H,2,5-6,9-15H2. The van der Waals surface area contributed by atoms with Gasteiger partial charge in [0.2, 0.25) is 11.7 Å². The molecule has 0 saturated carbocycles. The van der Waals surface area contributed by atoms with Gasteiger partial charge in [0.1, 0.15) is 0 Å². The van der Waals surface area contributed by atoms with E-state index in [1.807, 2.05) is 30.3 Å². The molecule has 128 valence electrons. The highest BCUT2D eigenvalue weighted by atomic mass is 16.5. The number of benzene rings is 1. The van der Waals surface area contributed by atoms with Crippen LogP contribution in [-0.2, 0) is 6.54 Å². The fourth-order valence-corrected chi connectivity index (χ4v) is 3.94. The van der Waals surface area contributed by atoms with Crippen LogP contribution in [-0.4, -0.2) is 52.2 Å². The fourth-order valence-electron chi connectivity index (χ4n) is 3.94. The van der Waals surface area contributed by atoms with Crippen LogP contribution >= 0.6 is 0 Å². The summed E-state index contributed by atoms with van der Waals surface area (Å²) in [5.74, 6) is 1.42. The minimum atomic E-state index is 0.689. The highest BCUT2D eigenvalue weighted by molar-refractivity contribution is 5.53. The van der Waals surface area contributed by atoms with E-state index >= 15 is 0 Å². The summed E-state index contributed by atoms with van der Waals surface area (Å²) in [7, 11) is 0. The Kier molecular flexibility index (Phi) is 4.90. The van der Waals surface area contributed by atoms with Crippen LogP contribution in [0.3, 0.4) is 0 Å². The van der Waals surface area contributed by atoms with Crippen LogP contribution < -0.4 is 0 Å². The van der Waals surface area contributed by atoms with E-state index in [4.69, 9.17) is 4.52 Å². The first-order valence-electron chi connectivity index (χ1n) is 9.23. The van der Waals surface area contributed by atoms with E-state index in [-0.39, 0.29) is 0 Å². The second-order valence-electron chi connectivity index (χ2n) is 6.98. The van der Waals surface area contributed by atoms with Gasteiger partial charge in [-0.2, -0.15) is 4.98 Å².